The maximum atomic E-state index is 13.4. The molecule has 0 saturated carbocycles. The lowest BCUT2D eigenvalue weighted by Crippen LogP contribution is -2.45. The summed E-state index contributed by atoms with van der Waals surface area (Å²) in [5.74, 6) is 0.356. The molecule has 2 heterocycles. The lowest BCUT2D eigenvalue weighted by molar-refractivity contribution is -0.751. The summed E-state index contributed by atoms with van der Waals surface area (Å²) in [5, 5.41) is 0.666. The van der Waals surface area contributed by atoms with E-state index in [9.17, 15) is 16.8 Å². The molecule has 0 aliphatic rings. The van der Waals surface area contributed by atoms with E-state index in [-0.39, 0.29) is 46.3 Å². The van der Waals surface area contributed by atoms with Gasteiger partial charge < -0.3 is 0 Å². The van der Waals surface area contributed by atoms with E-state index in [1.165, 1.54) is 0 Å². The Kier molecular flexibility index (Phi) is 18.5. The van der Waals surface area contributed by atoms with Crippen molar-refractivity contribution >= 4 is 30.6 Å². The van der Waals surface area contributed by atoms with E-state index in [0.717, 1.165) is 10.9 Å². The predicted octanol–water partition coefficient (Wildman–Crippen LogP) is 9.22. The summed E-state index contributed by atoms with van der Waals surface area (Å²) in [6.07, 6.45) is 3.81. The van der Waals surface area contributed by atoms with Gasteiger partial charge in [0.2, 0.25) is 15.4 Å². The molecule has 0 aliphatic heterocycles. The van der Waals surface area contributed by atoms with Crippen LogP contribution in [0.3, 0.4) is 0 Å². The Labute approximate surface area is 283 Å². The van der Waals surface area contributed by atoms with Crippen LogP contribution >= 0.6 is 0 Å². The summed E-state index contributed by atoms with van der Waals surface area (Å²) in [4.78, 5) is 0.455. The highest BCUT2D eigenvalue weighted by Crippen LogP contribution is 2.31. The first kappa shape index (κ1) is 43.7. The first-order valence-corrected chi connectivity index (χ1v) is 20.4. The maximum absolute atomic E-state index is 13.4. The third-order valence-corrected chi connectivity index (χ3v) is 13.2. The molecule has 3 rings (SSSR count). The second kappa shape index (κ2) is 19.5. The topological polar surface area (TPSA) is 76.0 Å². The molecule has 0 fully saturated rings. The molecule has 262 valence electrons. The highest BCUT2D eigenvalue weighted by Gasteiger charge is 2.39. The first-order valence-electron chi connectivity index (χ1n) is 17.3. The van der Waals surface area contributed by atoms with Crippen molar-refractivity contribution in [1.29, 1.82) is 0 Å². The van der Waals surface area contributed by atoms with Crippen molar-refractivity contribution in [3.63, 3.8) is 0 Å². The summed E-state index contributed by atoms with van der Waals surface area (Å²) in [7, 11) is -6.72. The Morgan fingerprint density at radius 2 is 0.891 bits per heavy atom. The van der Waals surface area contributed by atoms with Crippen LogP contribution in [-0.2, 0) is 19.7 Å². The fourth-order valence-electron chi connectivity index (χ4n) is 6.29. The number of sulfone groups is 2. The molecular formula is C38H66N2O4S2+2. The number of rotatable bonds is 10. The molecule has 1 aromatic carbocycles. The average molecular weight is 679 g/mol. The second-order valence-corrected chi connectivity index (χ2v) is 17.4. The molecule has 0 bridgehead atoms. The van der Waals surface area contributed by atoms with Gasteiger partial charge in [0.25, 0.3) is 5.03 Å². The van der Waals surface area contributed by atoms with Gasteiger partial charge in [-0.05, 0) is 75.6 Å². The van der Waals surface area contributed by atoms with Crippen molar-refractivity contribution in [2.45, 2.75) is 143 Å². The van der Waals surface area contributed by atoms with Crippen molar-refractivity contribution in [2.24, 2.45) is 23.7 Å². The van der Waals surface area contributed by atoms with Gasteiger partial charge in [0.1, 0.15) is 4.90 Å². The smallest absolute Gasteiger partial charge is 0.223 e. The Hall–Kier alpha value is -2.32. The highest BCUT2D eigenvalue weighted by atomic mass is 32.2. The minimum atomic E-state index is -3.40. The van der Waals surface area contributed by atoms with Crippen molar-refractivity contribution in [2.75, 3.05) is 0 Å². The number of hydrogen-bond donors (Lipinski definition) is 0. The number of fused-ring (bicyclic) bond motifs is 1. The molecule has 2 aromatic heterocycles. The Balaban J connectivity index is 0.000000807. The normalized spacial score (nSPS) is 12.1. The number of para-hydroxylation sites is 1. The fraction of sp³-hybridized carbons (Fsp3) is 0.632. The summed E-state index contributed by atoms with van der Waals surface area (Å²) >= 11 is 0. The summed E-state index contributed by atoms with van der Waals surface area (Å²) in [5.41, 5.74) is 0.816. The SMILES string of the molecule is CC.CC.CC(C)C(C(C)C)S(=O)(=O)c1cccc2ccc[n+](C(C)C)c12.CC(C)C(C(C)C)S(=O)(=O)c1cccc[n+]1C(C)C. The zero-order chi connectivity index (χ0) is 36.2. The molecule has 0 spiro atoms. The van der Waals surface area contributed by atoms with Crippen LogP contribution < -0.4 is 9.13 Å². The van der Waals surface area contributed by atoms with Crippen LogP contribution in [0.2, 0.25) is 0 Å². The Morgan fingerprint density at radius 3 is 1.33 bits per heavy atom. The molecular weight excluding hydrogens is 613 g/mol. The van der Waals surface area contributed by atoms with Gasteiger partial charge in [-0.25, -0.2) is 16.8 Å². The molecule has 6 nitrogen and oxygen atoms in total. The summed E-state index contributed by atoms with van der Waals surface area (Å²) < 4.78 is 56.5. The summed E-state index contributed by atoms with van der Waals surface area (Å²) in [6.45, 7) is 32.0. The predicted molar refractivity (Wildman–Crippen MR) is 196 cm³/mol. The van der Waals surface area contributed by atoms with E-state index in [1.54, 1.807) is 18.2 Å². The van der Waals surface area contributed by atoms with Gasteiger partial charge in [-0.2, -0.15) is 9.13 Å². The summed E-state index contributed by atoms with van der Waals surface area (Å²) in [6, 6.07) is 15.3. The van der Waals surface area contributed by atoms with E-state index < -0.39 is 19.7 Å². The Bertz CT molecular complexity index is 1520. The molecule has 3 aromatic rings. The fourth-order valence-corrected chi connectivity index (χ4v) is 11.3. The lowest BCUT2D eigenvalue weighted by Gasteiger charge is -2.25. The minimum Gasteiger partial charge on any atom is -0.223 e. The van der Waals surface area contributed by atoms with Gasteiger partial charge in [0.05, 0.1) is 10.5 Å². The van der Waals surface area contributed by atoms with Crippen molar-refractivity contribution in [1.82, 2.24) is 0 Å². The third kappa shape index (κ3) is 10.6. The van der Waals surface area contributed by atoms with Gasteiger partial charge in [-0.15, -0.1) is 0 Å². The minimum absolute atomic E-state index is 0.0754. The maximum Gasteiger partial charge on any atom is 0.297 e. The number of nitrogens with zero attached hydrogens (tertiary/aromatic N) is 2. The van der Waals surface area contributed by atoms with E-state index in [2.05, 4.69) is 18.4 Å². The zero-order valence-corrected chi connectivity index (χ0v) is 33.4. The molecule has 0 aliphatic carbocycles. The van der Waals surface area contributed by atoms with Crippen LogP contribution in [0.1, 0.15) is 123 Å². The number of pyridine rings is 2. The first-order chi connectivity index (χ1) is 21.4. The van der Waals surface area contributed by atoms with Crippen molar-refractivity contribution in [3.05, 3.63) is 60.9 Å². The van der Waals surface area contributed by atoms with Gasteiger partial charge in [0.15, 0.2) is 34.3 Å². The second-order valence-electron chi connectivity index (χ2n) is 13.2. The van der Waals surface area contributed by atoms with Gasteiger partial charge in [-0.3, -0.25) is 0 Å². The van der Waals surface area contributed by atoms with Crippen LogP contribution in [0.25, 0.3) is 10.9 Å². The van der Waals surface area contributed by atoms with Crippen LogP contribution in [0.4, 0.5) is 0 Å². The Morgan fingerprint density at radius 1 is 0.478 bits per heavy atom. The van der Waals surface area contributed by atoms with Crippen molar-refractivity contribution < 1.29 is 26.0 Å². The van der Waals surface area contributed by atoms with E-state index in [0.29, 0.717) is 9.92 Å². The molecule has 0 amide bonds. The highest BCUT2D eigenvalue weighted by molar-refractivity contribution is 7.92. The van der Waals surface area contributed by atoms with E-state index in [1.807, 2.05) is 144 Å². The van der Waals surface area contributed by atoms with Crippen molar-refractivity contribution in [3.8, 4) is 0 Å². The van der Waals surface area contributed by atoms with Gasteiger partial charge in [-0.1, -0.05) is 89.2 Å². The molecule has 0 radical (unpaired) electrons. The van der Waals surface area contributed by atoms with Crippen LogP contribution in [0.5, 0.6) is 0 Å². The standard InChI is InChI=1S/C19H28NO2S.C15H26NO2S.2C2H6/c1-13(2)19(14(3)4)23(21,22)17-11-7-9-16-10-8-12-20(15(5)6)18(16)17;1-11(2)15(12(3)4)19(17,18)14-9-7-8-10-16(14)13(5)6;2*1-2/h7-15,19H,1-6H3;7-13,15H,1-6H3;2*1-2H3/q2*+1;;. The monoisotopic (exact) mass is 678 g/mol. The van der Waals surface area contributed by atoms with Crippen LogP contribution in [0, 0.1) is 23.7 Å². The van der Waals surface area contributed by atoms with Crippen LogP contribution in [-0.4, -0.2) is 27.3 Å². The number of hydrogen-bond acceptors (Lipinski definition) is 4. The molecule has 0 N–H and O–H groups in total. The van der Waals surface area contributed by atoms with Crippen LogP contribution in [0.15, 0.2) is 70.8 Å². The third-order valence-electron chi connectivity index (χ3n) is 7.72. The zero-order valence-electron chi connectivity index (χ0n) is 31.7. The van der Waals surface area contributed by atoms with Gasteiger partial charge >= 0.3 is 0 Å². The molecule has 0 saturated heterocycles. The van der Waals surface area contributed by atoms with E-state index >= 15 is 0 Å². The van der Waals surface area contributed by atoms with Gasteiger partial charge in [0, 0.05) is 23.6 Å². The lowest BCUT2D eigenvalue weighted by atomic mass is 10.00. The number of benzene rings is 1. The van der Waals surface area contributed by atoms with E-state index in [4.69, 9.17) is 0 Å². The number of aromatic nitrogens is 2. The molecule has 8 heteroatoms. The quantitative estimate of drug-likeness (QED) is 0.200. The molecule has 46 heavy (non-hydrogen) atoms. The molecule has 0 atom stereocenters. The molecule has 0 unspecified atom stereocenters. The largest absolute Gasteiger partial charge is 0.297 e. The average Bonchev–Trinajstić information content (AvgIpc) is 2.97.